The summed E-state index contributed by atoms with van der Waals surface area (Å²) in [5, 5.41) is 4.26. The lowest BCUT2D eigenvalue weighted by molar-refractivity contribution is 0.378. The average Bonchev–Trinajstić information content (AvgIpc) is 2.35. The van der Waals surface area contributed by atoms with Gasteiger partial charge in [-0.25, -0.2) is 0 Å². The zero-order chi connectivity index (χ0) is 12.8. The number of hydrogen-bond acceptors (Lipinski definition) is 2. The highest BCUT2D eigenvalue weighted by molar-refractivity contribution is 6.30. The number of methoxy groups -OCH3 is 1. The molecule has 2 unspecified atom stereocenters. The second-order valence-corrected chi connectivity index (χ2v) is 4.95. The normalized spacial score (nSPS) is 14.4. The molecule has 0 aliphatic rings. The third-order valence-corrected chi connectivity index (χ3v) is 3.59. The van der Waals surface area contributed by atoms with E-state index in [4.69, 9.17) is 16.3 Å². The van der Waals surface area contributed by atoms with Gasteiger partial charge in [-0.1, -0.05) is 31.9 Å². The van der Waals surface area contributed by atoms with Crippen LogP contribution < -0.4 is 10.1 Å². The Balaban J connectivity index is 2.65. The molecule has 0 bridgehead atoms. The van der Waals surface area contributed by atoms with Crippen molar-refractivity contribution in [3.8, 4) is 5.75 Å². The molecule has 0 radical (unpaired) electrons. The van der Waals surface area contributed by atoms with Gasteiger partial charge in [0, 0.05) is 23.2 Å². The number of halogens is 1. The van der Waals surface area contributed by atoms with Gasteiger partial charge in [0.15, 0.2) is 0 Å². The molecule has 0 saturated carbocycles. The molecule has 2 nitrogen and oxygen atoms in total. The fourth-order valence-electron chi connectivity index (χ4n) is 1.71. The second kappa shape index (κ2) is 6.87. The summed E-state index contributed by atoms with van der Waals surface area (Å²) < 4.78 is 5.32. The molecule has 1 rings (SSSR count). The van der Waals surface area contributed by atoms with Crippen LogP contribution in [0.15, 0.2) is 18.2 Å². The molecule has 2 atom stereocenters. The first-order chi connectivity index (χ1) is 8.08. The van der Waals surface area contributed by atoms with Crippen molar-refractivity contribution in [3.63, 3.8) is 0 Å². The van der Waals surface area contributed by atoms with Crippen molar-refractivity contribution in [2.45, 2.75) is 39.8 Å². The van der Waals surface area contributed by atoms with Gasteiger partial charge in [0.25, 0.3) is 0 Å². The van der Waals surface area contributed by atoms with Crippen LogP contribution in [0.2, 0.25) is 5.02 Å². The maximum Gasteiger partial charge on any atom is 0.123 e. The first kappa shape index (κ1) is 14.3. The van der Waals surface area contributed by atoms with Crippen molar-refractivity contribution in [1.82, 2.24) is 5.32 Å². The van der Waals surface area contributed by atoms with E-state index >= 15 is 0 Å². The van der Waals surface area contributed by atoms with Crippen molar-refractivity contribution < 1.29 is 4.74 Å². The summed E-state index contributed by atoms with van der Waals surface area (Å²) in [6.07, 6.45) is 1.18. The molecule has 3 heteroatoms. The van der Waals surface area contributed by atoms with E-state index in [1.54, 1.807) is 7.11 Å². The monoisotopic (exact) mass is 255 g/mol. The lowest BCUT2D eigenvalue weighted by Gasteiger charge is -2.20. The van der Waals surface area contributed by atoms with Gasteiger partial charge in [0.05, 0.1) is 7.11 Å². The number of nitrogens with one attached hydrogen (secondary N) is 1. The molecule has 0 aromatic heterocycles. The van der Waals surface area contributed by atoms with Crippen LogP contribution in [0, 0.1) is 5.92 Å². The molecule has 0 heterocycles. The highest BCUT2D eigenvalue weighted by Gasteiger charge is 2.11. The summed E-state index contributed by atoms with van der Waals surface area (Å²) in [6, 6.07) is 6.20. The van der Waals surface area contributed by atoms with Crippen molar-refractivity contribution >= 4 is 11.6 Å². The lowest BCUT2D eigenvalue weighted by Crippen LogP contribution is -2.31. The summed E-state index contributed by atoms with van der Waals surface area (Å²) in [6.45, 7) is 7.47. The third-order valence-electron chi connectivity index (χ3n) is 3.35. The number of rotatable bonds is 6. The Morgan fingerprint density at radius 2 is 2.06 bits per heavy atom. The SMILES string of the molecule is CCC(C)C(C)NCc1cc(Cl)ccc1OC. The third kappa shape index (κ3) is 4.21. The Bertz CT molecular complexity index is 354. The van der Waals surface area contributed by atoms with Crippen LogP contribution in [0.25, 0.3) is 0 Å². The van der Waals surface area contributed by atoms with Crippen molar-refractivity contribution in [2.75, 3.05) is 7.11 Å². The van der Waals surface area contributed by atoms with Crippen molar-refractivity contribution in [2.24, 2.45) is 5.92 Å². The van der Waals surface area contributed by atoms with Crippen molar-refractivity contribution in [1.29, 1.82) is 0 Å². The predicted octanol–water partition coefficient (Wildman–Crippen LogP) is 3.87. The fourth-order valence-corrected chi connectivity index (χ4v) is 1.91. The zero-order valence-electron chi connectivity index (χ0n) is 11.1. The van der Waals surface area contributed by atoms with Crippen molar-refractivity contribution in [3.05, 3.63) is 28.8 Å². The Morgan fingerprint density at radius 1 is 1.35 bits per heavy atom. The molecule has 0 aliphatic heterocycles. The molecule has 0 spiro atoms. The molecule has 17 heavy (non-hydrogen) atoms. The minimum atomic E-state index is 0.490. The Morgan fingerprint density at radius 3 is 2.65 bits per heavy atom. The number of hydrogen-bond donors (Lipinski definition) is 1. The first-order valence-electron chi connectivity index (χ1n) is 6.14. The highest BCUT2D eigenvalue weighted by Crippen LogP contribution is 2.22. The molecule has 0 aliphatic carbocycles. The first-order valence-corrected chi connectivity index (χ1v) is 6.52. The van der Waals surface area contributed by atoms with E-state index in [-0.39, 0.29) is 0 Å². The summed E-state index contributed by atoms with van der Waals surface area (Å²) >= 11 is 6.00. The van der Waals surface area contributed by atoms with E-state index in [1.165, 1.54) is 6.42 Å². The van der Waals surface area contributed by atoms with Gasteiger partial charge in [-0.3, -0.25) is 0 Å². The van der Waals surface area contributed by atoms with Gasteiger partial charge >= 0.3 is 0 Å². The fraction of sp³-hybridized carbons (Fsp3) is 0.571. The van der Waals surface area contributed by atoms with E-state index in [0.717, 1.165) is 22.9 Å². The van der Waals surface area contributed by atoms with Gasteiger partial charge in [0.1, 0.15) is 5.75 Å². The highest BCUT2D eigenvalue weighted by atomic mass is 35.5. The molecular formula is C14H22ClNO. The van der Waals surface area contributed by atoms with Crippen LogP contribution in [0.1, 0.15) is 32.8 Å². The number of benzene rings is 1. The smallest absolute Gasteiger partial charge is 0.123 e. The Labute approximate surface area is 109 Å². The van der Waals surface area contributed by atoms with E-state index in [9.17, 15) is 0 Å². The topological polar surface area (TPSA) is 21.3 Å². The Kier molecular flexibility index (Phi) is 5.79. The van der Waals surface area contributed by atoms with E-state index < -0.39 is 0 Å². The Hall–Kier alpha value is -0.730. The molecule has 1 aromatic carbocycles. The molecule has 1 aromatic rings. The zero-order valence-corrected chi connectivity index (χ0v) is 11.8. The molecule has 0 saturated heterocycles. The summed E-state index contributed by atoms with van der Waals surface area (Å²) in [4.78, 5) is 0. The predicted molar refractivity (Wildman–Crippen MR) is 73.8 cm³/mol. The van der Waals surface area contributed by atoms with Gasteiger partial charge in [-0.15, -0.1) is 0 Å². The molecule has 0 fully saturated rings. The van der Waals surface area contributed by atoms with Crippen LogP contribution in [0.5, 0.6) is 5.75 Å². The molecule has 1 N–H and O–H groups in total. The minimum Gasteiger partial charge on any atom is -0.496 e. The van der Waals surface area contributed by atoms with Gasteiger partial charge < -0.3 is 10.1 Å². The van der Waals surface area contributed by atoms with Crippen LogP contribution in [-0.4, -0.2) is 13.2 Å². The second-order valence-electron chi connectivity index (χ2n) is 4.51. The van der Waals surface area contributed by atoms with Crippen LogP contribution in [0.4, 0.5) is 0 Å². The van der Waals surface area contributed by atoms with E-state index in [2.05, 4.69) is 26.1 Å². The van der Waals surface area contributed by atoms with E-state index in [1.807, 2.05) is 18.2 Å². The van der Waals surface area contributed by atoms with Gasteiger partial charge in [-0.05, 0) is 31.0 Å². The van der Waals surface area contributed by atoms with Gasteiger partial charge in [-0.2, -0.15) is 0 Å². The van der Waals surface area contributed by atoms with Crippen LogP contribution >= 0.6 is 11.6 Å². The molecule has 0 amide bonds. The molecular weight excluding hydrogens is 234 g/mol. The largest absolute Gasteiger partial charge is 0.496 e. The van der Waals surface area contributed by atoms with Gasteiger partial charge in [0.2, 0.25) is 0 Å². The average molecular weight is 256 g/mol. The maximum atomic E-state index is 6.00. The minimum absolute atomic E-state index is 0.490. The van der Waals surface area contributed by atoms with Crippen LogP contribution in [-0.2, 0) is 6.54 Å². The number of ether oxygens (including phenoxy) is 1. The summed E-state index contributed by atoms with van der Waals surface area (Å²) in [5.74, 6) is 1.55. The standard InChI is InChI=1S/C14H22ClNO/c1-5-10(2)11(3)16-9-12-8-13(15)6-7-14(12)17-4/h6-8,10-11,16H,5,9H2,1-4H3. The summed E-state index contributed by atoms with van der Waals surface area (Å²) in [5.41, 5.74) is 1.11. The maximum absolute atomic E-state index is 6.00. The molecule has 96 valence electrons. The summed E-state index contributed by atoms with van der Waals surface area (Å²) in [7, 11) is 1.69. The quantitative estimate of drug-likeness (QED) is 0.833. The van der Waals surface area contributed by atoms with Crippen LogP contribution in [0.3, 0.4) is 0 Å². The lowest BCUT2D eigenvalue weighted by atomic mass is 10.0. The van der Waals surface area contributed by atoms with E-state index in [0.29, 0.717) is 12.0 Å².